The second-order valence-electron chi connectivity index (χ2n) is 7.19. The van der Waals surface area contributed by atoms with Gasteiger partial charge in [-0.2, -0.15) is 0 Å². The average molecular weight is 397 g/mol. The van der Waals surface area contributed by atoms with Crippen molar-refractivity contribution in [1.82, 2.24) is 15.5 Å². The molecule has 1 aliphatic heterocycles. The third-order valence-corrected chi connectivity index (χ3v) is 4.95. The summed E-state index contributed by atoms with van der Waals surface area (Å²) >= 11 is 0. The maximum absolute atomic E-state index is 13.2. The molecule has 6 heteroatoms. The van der Waals surface area contributed by atoms with Crippen LogP contribution in [0.3, 0.4) is 0 Å². The van der Waals surface area contributed by atoms with E-state index in [9.17, 15) is 9.18 Å². The van der Waals surface area contributed by atoms with E-state index in [1.165, 1.54) is 17.2 Å². The van der Waals surface area contributed by atoms with E-state index in [1.54, 1.807) is 12.1 Å². The first-order valence-electron chi connectivity index (χ1n) is 10.3. The Kier molecular flexibility index (Phi) is 7.61. The summed E-state index contributed by atoms with van der Waals surface area (Å²) in [5.74, 6) is 0.694. The molecule has 0 aromatic heterocycles. The Bertz CT molecular complexity index is 827. The highest BCUT2D eigenvalue weighted by molar-refractivity contribution is 5.80. The average Bonchev–Trinajstić information content (AvgIpc) is 3.15. The molecule has 0 aliphatic carbocycles. The number of aliphatic imine (C=N–C) groups is 1. The fourth-order valence-electron chi connectivity index (χ4n) is 3.45. The topological polar surface area (TPSA) is 56.7 Å². The third-order valence-electron chi connectivity index (χ3n) is 4.95. The van der Waals surface area contributed by atoms with Gasteiger partial charge in [-0.05, 0) is 48.6 Å². The molecule has 1 amide bonds. The number of guanidine groups is 1. The van der Waals surface area contributed by atoms with Gasteiger partial charge in [-0.25, -0.2) is 4.39 Å². The Morgan fingerprint density at radius 1 is 1.10 bits per heavy atom. The lowest BCUT2D eigenvalue weighted by Gasteiger charge is -2.15. The van der Waals surface area contributed by atoms with Gasteiger partial charge in [0.2, 0.25) is 5.91 Å². The van der Waals surface area contributed by atoms with Crippen LogP contribution in [0.15, 0.2) is 53.5 Å². The first-order chi connectivity index (χ1) is 14.2. The molecule has 1 heterocycles. The number of carbonyl (C=O) groups excluding carboxylic acids is 1. The van der Waals surface area contributed by atoms with Crippen LogP contribution >= 0.6 is 0 Å². The summed E-state index contributed by atoms with van der Waals surface area (Å²) in [6.07, 6.45) is 1.93. The fraction of sp³-hybridized carbons (Fsp3) is 0.391. The molecule has 154 valence electrons. The van der Waals surface area contributed by atoms with Gasteiger partial charge in [0.15, 0.2) is 5.96 Å². The zero-order valence-electron chi connectivity index (χ0n) is 17.0. The van der Waals surface area contributed by atoms with Crippen molar-refractivity contribution >= 4 is 11.9 Å². The predicted molar refractivity (Wildman–Crippen MR) is 114 cm³/mol. The molecular formula is C23H29FN4O. The minimum Gasteiger partial charge on any atom is -0.357 e. The van der Waals surface area contributed by atoms with Gasteiger partial charge in [0.25, 0.3) is 0 Å². The van der Waals surface area contributed by atoms with Crippen molar-refractivity contribution in [2.75, 3.05) is 19.6 Å². The van der Waals surface area contributed by atoms with Crippen molar-refractivity contribution in [1.29, 1.82) is 0 Å². The second kappa shape index (κ2) is 10.6. The number of fused-ring (bicyclic) bond motifs is 1. The first-order valence-corrected chi connectivity index (χ1v) is 10.3. The molecule has 5 nitrogen and oxygen atoms in total. The standard InChI is InChI=1S/C23H29FN4O/c1-2-25-23(27-14-12-18-7-5-10-21(24)15-18)26-13-6-11-22(29)28-16-19-8-3-4-9-20(19)17-28/h3-5,7-10,15H,2,6,11-14,16-17H2,1H3,(H2,25,26,27). The summed E-state index contributed by atoms with van der Waals surface area (Å²) in [4.78, 5) is 18.9. The maximum Gasteiger partial charge on any atom is 0.223 e. The van der Waals surface area contributed by atoms with Gasteiger partial charge < -0.3 is 15.5 Å². The van der Waals surface area contributed by atoms with E-state index in [0.29, 0.717) is 39.0 Å². The van der Waals surface area contributed by atoms with Gasteiger partial charge >= 0.3 is 0 Å². The van der Waals surface area contributed by atoms with Crippen LogP contribution in [0.25, 0.3) is 0 Å². The molecule has 29 heavy (non-hydrogen) atoms. The Morgan fingerprint density at radius 3 is 2.55 bits per heavy atom. The molecule has 0 atom stereocenters. The third kappa shape index (κ3) is 6.31. The molecule has 0 unspecified atom stereocenters. The normalized spacial score (nSPS) is 13.3. The molecule has 0 radical (unpaired) electrons. The Morgan fingerprint density at radius 2 is 1.86 bits per heavy atom. The van der Waals surface area contributed by atoms with Gasteiger partial charge in [0.1, 0.15) is 5.82 Å². The molecule has 0 saturated heterocycles. The summed E-state index contributed by atoms with van der Waals surface area (Å²) in [6.45, 7) is 5.45. The monoisotopic (exact) mass is 396 g/mol. The lowest BCUT2D eigenvalue weighted by molar-refractivity contribution is -0.131. The van der Waals surface area contributed by atoms with Crippen LogP contribution in [0.5, 0.6) is 0 Å². The van der Waals surface area contributed by atoms with Crippen LogP contribution in [0.1, 0.15) is 36.5 Å². The summed E-state index contributed by atoms with van der Waals surface area (Å²) < 4.78 is 13.2. The minimum atomic E-state index is -0.214. The molecule has 0 fully saturated rings. The number of benzene rings is 2. The van der Waals surface area contributed by atoms with Crippen LogP contribution in [-0.4, -0.2) is 36.4 Å². The number of hydrogen-bond donors (Lipinski definition) is 2. The van der Waals surface area contributed by atoms with E-state index < -0.39 is 0 Å². The lowest BCUT2D eigenvalue weighted by atomic mass is 10.1. The van der Waals surface area contributed by atoms with Gasteiger partial charge in [-0.15, -0.1) is 0 Å². The Labute approximate surface area is 172 Å². The molecule has 0 spiro atoms. The van der Waals surface area contributed by atoms with E-state index in [-0.39, 0.29) is 11.7 Å². The number of amides is 1. The van der Waals surface area contributed by atoms with E-state index in [4.69, 9.17) is 0 Å². The maximum atomic E-state index is 13.2. The smallest absolute Gasteiger partial charge is 0.223 e. The highest BCUT2D eigenvalue weighted by Crippen LogP contribution is 2.22. The van der Waals surface area contributed by atoms with E-state index in [0.717, 1.165) is 24.5 Å². The van der Waals surface area contributed by atoms with Crippen LogP contribution in [-0.2, 0) is 24.3 Å². The quantitative estimate of drug-likeness (QED) is 0.409. The minimum absolute atomic E-state index is 0.181. The van der Waals surface area contributed by atoms with Crippen LogP contribution < -0.4 is 10.6 Å². The molecule has 1 aliphatic rings. The highest BCUT2D eigenvalue weighted by Gasteiger charge is 2.22. The van der Waals surface area contributed by atoms with Crippen LogP contribution in [0.2, 0.25) is 0 Å². The first kappa shape index (κ1) is 20.8. The fourth-order valence-corrected chi connectivity index (χ4v) is 3.45. The number of nitrogens with zero attached hydrogens (tertiary/aromatic N) is 2. The summed E-state index contributed by atoms with van der Waals surface area (Å²) in [7, 11) is 0. The van der Waals surface area contributed by atoms with Gasteiger partial charge in [-0.1, -0.05) is 36.4 Å². The molecule has 0 saturated carbocycles. The molecule has 3 rings (SSSR count). The Balaban J connectivity index is 1.39. The number of nitrogens with one attached hydrogen (secondary N) is 2. The van der Waals surface area contributed by atoms with E-state index in [2.05, 4.69) is 27.8 Å². The molecule has 2 N–H and O–H groups in total. The Hall–Kier alpha value is -2.89. The predicted octanol–water partition coefficient (Wildman–Crippen LogP) is 3.25. The van der Waals surface area contributed by atoms with Crippen molar-refractivity contribution in [3.05, 3.63) is 71.0 Å². The zero-order valence-corrected chi connectivity index (χ0v) is 17.0. The van der Waals surface area contributed by atoms with E-state index in [1.807, 2.05) is 30.0 Å². The summed E-state index contributed by atoms with van der Waals surface area (Å²) in [6, 6.07) is 14.8. The molecule has 0 bridgehead atoms. The van der Waals surface area contributed by atoms with Crippen molar-refractivity contribution in [3.63, 3.8) is 0 Å². The number of halogens is 1. The summed E-state index contributed by atoms with van der Waals surface area (Å²) in [5.41, 5.74) is 3.44. The number of rotatable bonds is 8. The van der Waals surface area contributed by atoms with E-state index >= 15 is 0 Å². The van der Waals surface area contributed by atoms with Crippen molar-refractivity contribution < 1.29 is 9.18 Å². The SMILES string of the molecule is CCNC(=NCCCC(=O)N1Cc2ccccc2C1)NCCc1cccc(F)c1. The van der Waals surface area contributed by atoms with Gasteiger partial charge in [0.05, 0.1) is 0 Å². The largest absolute Gasteiger partial charge is 0.357 e. The highest BCUT2D eigenvalue weighted by atomic mass is 19.1. The number of hydrogen-bond acceptors (Lipinski definition) is 2. The molecule has 2 aromatic rings. The molecule has 2 aromatic carbocycles. The van der Waals surface area contributed by atoms with Crippen molar-refractivity contribution in [2.45, 2.75) is 39.3 Å². The number of carbonyl (C=O) groups is 1. The molecular weight excluding hydrogens is 367 g/mol. The van der Waals surface area contributed by atoms with Gasteiger partial charge in [-0.3, -0.25) is 9.79 Å². The van der Waals surface area contributed by atoms with Crippen LogP contribution in [0.4, 0.5) is 4.39 Å². The zero-order chi connectivity index (χ0) is 20.5. The van der Waals surface area contributed by atoms with Crippen LogP contribution in [0, 0.1) is 5.82 Å². The van der Waals surface area contributed by atoms with Crippen molar-refractivity contribution in [2.24, 2.45) is 4.99 Å². The summed E-state index contributed by atoms with van der Waals surface area (Å²) in [5, 5.41) is 6.47. The lowest BCUT2D eigenvalue weighted by Crippen LogP contribution is -2.38. The van der Waals surface area contributed by atoms with Gasteiger partial charge in [0, 0.05) is 39.1 Å². The van der Waals surface area contributed by atoms with Crippen molar-refractivity contribution in [3.8, 4) is 0 Å². The second-order valence-corrected chi connectivity index (χ2v) is 7.19.